The molecule has 1 aliphatic rings. The molecule has 0 atom stereocenters. The molecular formula is C27H36N2O3. The summed E-state index contributed by atoms with van der Waals surface area (Å²) in [6, 6.07) is 8.76. The zero-order chi connectivity index (χ0) is 23.3. The van der Waals surface area contributed by atoms with Gasteiger partial charge in [-0.15, -0.1) is 0 Å². The number of hydrogen-bond donors (Lipinski definition) is 2. The molecule has 5 heteroatoms. The number of aryl methyl sites for hydroxylation is 1. The fourth-order valence-corrected chi connectivity index (χ4v) is 4.90. The maximum Gasteiger partial charge on any atom is 0.209 e. The number of benzene rings is 2. The third kappa shape index (κ3) is 5.16. The van der Waals surface area contributed by atoms with Crippen molar-refractivity contribution in [3.05, 3.63) is 64.4 Å². The van der Waals surface area contributed by atoms with Crippen LogP contribution in [0.25, 0.3) is 11.1 Å². The Hall–Kier alpha value is -2.79. The average molecular weight is 437 g/mol. The molecule has 1 fully saturated rings. The molecule has 1 saturated heterocycles. The highest BCUT2D eigenvalue weighted by atomic mass is 16.5. The van der Waals surface area contributed by atoms with E-state index in [9.17, 15) is 9.90 Å². The van der Waals surface area contributed by atoms with E-state index in [-0.39, 0.29) is 11.8 Å². The van der Waals surface area contributed by atoms with Crippen LogP contribution in [0, 0.1) is 20.8 Å². The lowest BCUT2D eigenvalue weighted by Crippen LogP contribution is -2.39. The maximum atomic E-state index is 11.9. The first-order valence-electron chi connectivity index (χ1n) is 11.4. The monoisotopic (exact) mass is 436 g/mol. The Balaban J connectivity index is 2.05. The lowest BCUT2D eigenvalue weighted by molar-refractivity contribution is -0.121. The number of anilines is 1. The van der Waals surface area contributed by atoms with Crippen molar-refractivity contribution in [1.29, 1.82) is 0 Å². The van der Waals surface area contributed by atoms with E-state index in [4.69, 9.17) is 4.74 Å². The molecule has 0 radical (unpaired) electrons. The second-order valence-corrected chi connectivity index (χ2v) is 8.75. The molecular weight excluding hydrogens is 400 g/mol. The largest absolute Gasteiger partial charge is 0.513 e. The number of rotatable bonds is 9. The SMILES string of the molecule is C=C(O)Cc1c(C)c(NC)c(CCN(C=O)C2CCOCC2)c(C)c1-c1ccc(C)cc1. The second kappa shape index (κ2) is 10.7. The molecule has 172 valence electrons. The molecule has 0 saturated carbocycles. The molecule has 5 nitrogen and oxygen atoms in total. The van der Waals surface area contributed by atoms with Gasteiger partial charge in [-0.2, -0.15) is 0 Å². The van der Waals surface area contributed by atoms with Crippen LogP contribution in [0.1, 0.15) is 40.7 Å². The number of aliphatic hydroxyl groups excluding tert-OH is 1. The van der Waals surface area contributed by atoms with Crippen molar-refractivity contribution < 1.29 is 14.6 Å². The highest BCUT2D eigenvalue weighted by Gasteiger charge is 2.23. The Kier molecular flexibility index (Phi) is 7.97. The number of carbonyl (C=O) groups excluding carboxylic acids is 1. The number of carbonyl (C=O) groups is 1. The molecule has 32 heavy (non-hydrogen) atoms. The van der Waals surface area contributed by atoms with E-state index >= 15 is 0 Å². The Morgan fingerprint density at radius 2 is 1.81 bits per heavy atom. The third-order valence-corrected chi connectivity index (χ3v) is 6.65. The number of hydrogen-bond acceptors (Lipinski definition) is 4. The molecule has 0 unspecified atom stereocenters. The van der Waals surface area contributed by atoms with Gasteiger partial charge < -0.3 is 20.1 Å². The number of nitrogens with one attached hydrogen (secondary N) is 1. The van der Waals surface area contributed by atoms with Gasteiger partial charge in [0.15, 0.2) is 0 Å². The quantitative estimate of drug-likeness (QED) is 0.423. The van der Waals surface area contributed by atoms with Crippen molar-refractivity contribution in [2.75, 3.05) is 32.1 Å². The van der Waals surface area contributed by atoms with Crippen LogP contribution in [-0.2, 0) is 22.4 Å². The normalized spacial score (nSPS) is 14.2. The number of amides is 1. The van der Waals surface area contributed by atoms with E-state index in [2.05, 4.69) is 56.9 Å². The molecule has 0 bridgehead atoms. The van der Waals surface area contributed by atoms with Crippen LogP contribution in [0.5, 0.6) is 0 Å². The van der Waals surface area contributed by atoms with E-state index in [1.807, 2.05) is 11.9 Å². The lowest BCUT2D eigenvalue weighted by Gasteiger charge is -2.32. The minimum Gasteiger partial charge on any atom is -0.513 e. The summed E-state index contributed by atoms with van der Waals surface area (Å²) in [7, 11) is 1.93. The predicted octanol–water partition coefficient (Wildman–Crippen LogP) is 5.11. The Morgan fingerprint density at radius 1 is 1.16 bits per heavy atom. The smallest absolute Gasteiger partial charge is 0.209 e. The standard InChI is InChI=1S/C27H36N2O3/c1-18-6-8-22(9-7-18)26-20(3)24(27(28-5)21(4)25(26)16-19(2)31)10-13-29(17-30)23-11-14-32-15-12-23/h6-9,17,23,28,31H,2,10-16H2,1,3-5H3. The van der Waals surface area contributed by atoms with Gasteiger partial charge in [0.25, 0.3) is 0 Å². The average Bonchev–Trinajstić information content (AvgIpc) is 2.79. The summed E-state index contributed by atoms with van der Waals surface area (Å²) in [6.07, 6.45) is 3.94. The van der Waals surface area contributed by atoms with Crippen LogP contribution >= 0.6 is 0 Å². The number of aliphatic hydroxyl groups is 1. The highest BCUT2D eigenvalue weighted by Crippen LogP contribution is 2.39. The van der Waals surface area contributed by atoms with E-state index in [1.54, 1.807) is 0 Å². The first-order valence-corrected chi connectivity index (χ1v) is 11.4. The Bertz CT molecular complexity index is 960. The van der Waals surface area contributed by atoms with E-state index in [0.29, 0.717) is 26.2 Å². The number of allylic oxidation sites excluding steroid dienone is 1. The van der Waals surface area contributed by atoms with Gasteiger partial charge in [-0.25, -0.2) is 0 Å². The molecule has 2 aromatic carbocycles. The van der Waals surface area contributed by atoms with Crippen molar-refractivity contribution >= 4 is 12.1 Å². The fourth-order valence-electron chi connectivity index (χ4n) is 4.90. The van der Waals surface area contributed by atoms with Gasteiger partial charge in [-0.3, -0.25) is 4.79 Å². The Labute approximate surface area is 192 Å². The second-order valence-electron chi connectivity index (χ2n) is 8.75. The zero-order valence-corrected chi connectivity index (χ0v) is 19.8. The summed E-state index contributed by atoms with van der Waals surface area (Å²) in [4.78, 5) is 13.8. The summed E-state index contributed by atoms with van der Waals surface area (Å²) in [5.74, 6) is 0.155. The van der Waals surface area contributed by atoms with Gasteiger partial charge in [-0.1, -0.05) is 36.4 Å². The van der Waals surface area contributed by atoms with Crippen molar-refractivity contribution in [2.24, 2.45) is 0 Å². The molecule has 2 aromatic rings. The van der Waals surface area contributed by atoms with Gasteiger partial charge in [-0.05, 0) is 73.4 Å². The van der Waals surface area contributed by atoms with Crippen LogP contribution in [0.3, 0.4) is 0 Å². The molecule has 1 aliphatic heterocycles. The van der Waals surface area contributed by atoms with Crippen LogP contribution in [-0.4, -0.2) is 49.3 Å². The summed E-state index contributed by atoms with van der Waals surface area (Å²) >= 11 is 0. The predicted molar refractivity (Wildman–Crippen MR) is 131 cm³/mol. The molecule has 0 aliphatic carbocycles. The van der Waals surface area contributed by atoms with Crippen molar-refractivity contribution in [3.8, 4) is 11.1 Å². The number of nitrogens with zero attached hydrogens (tertiary/aromatic N) is 1. The fraction of sp³-hybridized carbons (Fsp3) is 0.444. The van der Waals surface area contributed by atoms with Crippen LogP contribution < -0.4 is 5.32 Å². The van der Waals surface area contributed by atoms with Gasteiger partial charge in [0, 0.05) is 45.0 Å². The Morgan fingerprint density at radius 3 is 2.38 bits per heavy atom. The van der Waals surface area contributed by atoms with Gasteiger partial charge in [0.1, 0.15) is 0 Å². The van der Waals surface area contributed by atoms with E-state index in [0.717, 1.165) is 53.6 Å². The summed E-state index contributed by atoms with van der Waals surface area (Å²) < 4.78 is 5.47. The topological polar surface area (TPSA) is 61.8 Å². The minimum atomic E-state index is 0.155. The van der Waals surface area contributed by atoms with Gasteiger partial charge >= 0.3 is 0 Å². The first-order chi connectivity index (χ1) is 15.4. The maximum absolute atomic E-state index is 11.9. The van der Waals surface area contributed by atoms with Crippen molar-refractivity contribution in [2.45, 2.75) is 52.5 Å². The van der Waals surface area contributed by atoms with E-state index in [1.165, 1.54) is 16.7 Å². The number of ether oxygens (including phenoxy) is 1. The molecule has 0 aromatic heterocycles. The molecule has 0 spiro atoms. The molecule has 1 amide bonds. The van der Waals surface area contributed by atoms with Crippen LogP contribution in [0.4, 0.5) is 5.69 Å². The molecule has 3 rings (SSSR count). The summed E-state index contributed by atoms with van der Waals surface area (Å²) in [5.41, 5.74) is 9.16. The molecule has 1 heterocycles. The minimum absolute atomic E-state index is 0.155. The highest BCUT2D eigenvalue weighted by molar-refractivity contribution is 5.80. The lowest BCUT2D eigenvalue weighted by atomic mass is 9.84. The first kappa shape index (κ1) is 23.9. The van der Waals surface area contributed by atoms with E-state index < -0.39 is 0 Å². The zero-order valence-electron chi connectivity index (χ0n) is 19.8. The van der Waals surface area contributed by atoms with Gasteiger partial charge in [0.2, 0.25) is 6.41 Å². The van der Waals surface area contributed by atoms with Crippen LogP contribution in [0.2, 0.25) is 0 Å². The summed E-state index contributed by atoms with van der Waals surface area (Å²) in [5, 5.41) is 13.4. The summed E-state index contributed by atoms with van der Waals surface area (Å²) in [6.45, 7) is 12.2. The van der Waals surface area contributed by atoms with Gasteiger partial charge in [0.05, 0.1) is 5.76 Å². The molecule has 2 N–H and O–H groups in total. The van der Waals surface area contributed by atoms with Crippen molar-refractivity contribution in [1.82, 2.24) is 4.90 Å². The van der Waals surface area contributed by atoms with Crippen molar-refractivity contribution in [3.63, 3.8) is 0 Å². The third-order valence-electron chi connectivity index (χ3n) is 6.65. The van der Waals surface area contributed by atoms with Crippen LogP contribution in [0.15, 0.2) is 36.6 Å².